The number of anilines is 1. The van der Waals surface area contributed by atoms with Gasteiger partial charge in [-0.15, -0.1) is 0 Å². The molecule has 1 aromatic rings. The highest BCUT2D eigenvalue weighted by atomic mass is 35.5. The van der Waals surface area contributed by atoms with Crippen molar-refractivity contribution in [3.8, 4) is 0 Å². The minimum Gasteiger partial charge on any atom is -0.285 e. The van der Waals surface area contributed by atoms with Crippen molar-refractivity contribution in [3.05, 3.63) is 29.3 Å². The third-order valence-corrected chi connectivity index (χ3v) is 2.85. The molecule has 0 aromatic heterocycles. The Hall–Kier alpha value is -0.690. The summed E-state index contributed by atoms with van der Waals surface area (Å²) in [6.07, 6.45) is 2.26. The van der Waals surface area contributed by atoms with Gasteiger partial charge in [0.25, 0.3) is 0 Å². The molecule has 14 heavy (non-hydrogen) atoms. The SMILES string of the molecule is CCCc1c(C)cccc1N(Cl)CC. The molecule has 1 aromatic carbocycles. The van der Waals surface area contributed by atoms with Crippen LogP contribution in [0.25, 0.3) is 0 Å². The third kappa shape index (κ3) is 2.42. The summed E-state index contributed by atoms with van der Waals surface area (Å²) in [7, 11) is 0. The summed E-state index contributed by atoms with van der Waals surface area (Å²) < 4.78 is 1.79. The highest BCUT2D eigenvalue weighted by Gasteiger charge is 2.08. The van der Waals surface area contributed by atoms with Crippen LogP contribution in [0, 0.1) is 6.92 Å². The highest BCUT2D eigenvalue weighted by Crippen LogP contribution is 2.26. The molecule has 1 rings (SSSR count). The van der Waals surface area contributed by atoms with E-state index in [-0.39, 0.29) is 0 Å². The Morgan fingerprint density at radius 2 is 2.00 bits per heavy atom. The largest absolute Gasteiger partial charge is 0.285 e. The molecule has 0 aliphatic heterocycles. The molecule has 0 atom stereocenters. The van der Waals surface area contributed by atoms with Gasteiger partial charge in [-0.25, -0.2) is 0 Å². The summed E-state index contributed by atoms with van der Waals surface area (Å²) >= 11 is 6.14. The van der Waals surface area contributed by atoms with Gasteiger partial charge in [0.05, 0.1) is 5.69 Å². The minimum atomic E-state index is 0.835. The first-order chi connectivity index (χ1) is 6.70. The van der Waals surface area contributed by atoms with Crippen molar-refractivity contribution in [1.82, 2.24) is 0 Å². The number of rotatable bonds is 4. The van der Waals surface area contributed by atoms with Gasteiger partial charge in [0.1, 0.15) is 0 Å². The van der Waals surface area contributed by atoms with Crippen LogP contribution in [-0.2, 0) is 6.42 Å². The van der Waals surface area contributed by atoms with Crippen molar-refractivity contribution < 1.29 is 0 Å². The summed E-state index contributed by atoms with van der Waals surface area (Å²) in [4.78, 5) is 0. The van der Waals surface area contributed by atoms with Crippen molar-refractivity contribution in [2.45, 2.75) is 33.6 Å². The number of hydrogen-bond donors (Lipinski definition) is 0. The summed E-state index contributed by atoms with van der Waals surface area (Å²) in [5.74, 6) is 0. The Balaban J connectivity index is 3.07. The minimum absolute atomic E-state index is 0.835. The van der Waals surface area contributed by atoms with E-state index in [1.807, 2.05) is 0 Å². The molecule has 0 bridgehead atoms. The lowest BCUT2D eigenvalue weighted by molar-refractivity contribution is 0.905. The average molecular weight is 212 g/mol. The predicted molar refractivity (Wildman–Crippen MR) is 64.0 cm³/mol. The van der Waals surface area contributed by atoms with Crippen LogP contribution in [0.3, 0.4) is 0 Å². The van der Waals surface area contributed by atoms with Gasteiger partial charge < -0.3 is 0 Å². The number of benzene rings is 1. The van der Waals surface area contributed by atoms with E-state index in [1.165, 1.54) is 11.1 Å². The maximum atomic E-state index is 6.14. The van der Waals surface area contributed by atoms with Gasteiger partial charge in [0, 0.05) is 18.3 Å². The Morgan fingerprint density at radius 1 is 1.29 bits per heavy atom. The fourth-order valence-corrected chi connectivity index (χ4v) is 1.82. The number of halogens is 1. The van der Waals surface area contributed by atoms with Crippen LogP contribution in [0.5, 0.6) is 0 Å². The monoisotopic (exact) mass is 211 g/mol. The van der Waals surface area contributed by atoms with E-state index in [0.717, 1.165) is 25.1 Å². The Morgan fingerprint density at radius 3 is 2.57 bits per heavy atom. The van der Waals surface area contributed by atoms with E-state index >= 15 is 0 Å². The van der Waals surface area contributed by atoms with Gasteiger partial charge in [-0.3, -0.25) is 4.42 Å². The van der Waals surface area contributed by atoms with Crippen LogP contribution in [-0.4, -0.2) is 6.54 Å². The topological polar surface area (TPSA) is 3.24 Å². The molecule has 0 aliphatic carbocycles. The van der Waals surface area contributed by atoms with E-state index in [2.05, 4.69) is 39.0 Å². The van der Waals surface area contributed by atoms with E-state index in [4.69, 9.17) is 11.8 Å². The number of nitrogens with zero attached hydrogens (tertiary/aromatic N) is 1. The lowest BCUT2D eigenvalue weighted by atomic mass is 10.0. The van der Waals surface area contributed by atoms with Crippen LogP contribution in [0.15, 0.2) is 18.2 Å². The van der Waals surface area contributed by atoms with Gasteiger partial charge in [-0.05, 0) is 37.5 Å². The van der Waals surface area contributed by atoms with Gasteiger partial charge in [-0.2, -0.15) is 0 Å². The molecular formula is C12H18ClN. The summed E-state index contributed by atoms with van der Waals surface area (Å²) in [5, 5.41) is 0. The quantitative estimate of drug-likeness (QED) is 0.683. The van der Waals surface area contributed by atoms with E-state index in [0.29, 0.717) is 0 Å². The zero-order chi connectivity index (χ0) is 10.6. The second-order valence-corrected chi connectivity index (χ2v) is 3.91. The molecule has 0 aliphatic rings. The van der Waals surface area contributed by atoms with Crippen LogP contribution >= 0.6 is 11.8 Å². The maximum absolute atomic E-state index is 6.14. The molecule has 0 spiro atoms. The second kappa shape index (κ2) is 5.26. The fourth-order valence-electron chi connectivity index (χ4n) is 1.66. The highest BCUT2D eigenvalue weighted by molar-refractivity contribution is 6.25. The molecular weight excluding hydrogens is 194 g/mol. The van der Waals surface area contributed by atoms with Gasteiger partial charge >= 0.3 is 0 Å². The van der Waals surface area contributed by atoms with Crippen LogP contribution in [0.1, 0.15) is 31.4 Å². The molecule has 0 N–H and O–H groups in total. The zero-order valence-electron chi connectivity index (χ0n) is 9.18. The molecule has 1 nitrogen and oxygen atoms in total. The van der Waals surface area contributed by atoms with Crippen molar-refractivity contribution in [2.75, 3.05) is 11.0 Å². The molecule has 0 radical (unpaired) electrons. The van der Waals surface area contributed by atoms with E-state index in [9.17, 15) is 0 Å². The maximum Gasteiger partial charge on any atom is 0.0557 e. The van der Waals surface area contributed by atoms with E-state index < -0.39 is 0 Å². The number of hydrogen-bond acceptors (Lipinski definition) is 1. The molecule has 0 unspecified atom stereocenters. The molecule has 0 saturated heterocycles. The normalized spacial score (nSPS) is 10.3. The first kappa shape index (κ1) is 11.4. The van der Waals surface area contributed by atoms with Gasteiger partial charge in [0.2, 0.25) is 0 Å². The number of aryl methyl sites for hydroxylation is 1. The van der Waals surface area contributed by atoms with Crippen molar-refractivity contribution in [2.24, 2.45) is 0 Å². The van der Waals surface area contributed by atoms with Gasteiger partial charge in [-0.1, -0.05) is 25.5 Å². The third-order valence-electron chi connectivity index (χ3n) is 2.42. The second-order valence-electron chi connectivity index (χ2n) is 3.50. The Labute approximate surface area is 91.8 Å². The van der Waals surface area contributed by atoms with Crippen molar-refractivity contribution >= 4 is 17.5 Å². The van der Waals surface area contributed by atoms with Crippen LogP contribution < -0.4 is 4.42 Å². The predicted octanol–water partition coefficient (Wildman–Crippen LogP) is 3.93. The van der Waals surface area contributed by atoms with Crippen LogP contribution in [0.2, 0.25) is 0 Å². The lowest BCUT2D eigenvalue weighted by Crippen LogP contribution is -2.11. The molecule has 78 valence electrons. The van der Waals surface area contributed by atoms with Crippen molar-refractivity contribution in [1.29, 1.82) is 0 Å². The van der Waals surface area contributed by atoms with Gasteiger partial charge in [0.15, 0.2) is 0 Å². The Kier molecular flexibility index (Phi) is 4.27. The van der Waals surface area contributed by atoms with Crippen molar-refractivity contribution in [3.63, 3.8) is 0 Å². The summed E-state index contributed by atoms with van der Waals surface area (Å²) in [6.45, 7) is 7.24. The molecule has 0 amide bonds. The first-order valence-electron chi connectivity index (χ1n) is 5.22. The summed E-state index contributed by atoms with van der Waals surface area (Å²) in [6, 6.07) is 6.30. The molecule has 0 fully saturated rings. The fraction of sp³-hybridized carbons (Fsp3) is 0.500. The smallest absolute Gasteiger partial charge is 0.0557 e. The van der Waals surface area contributed by atoms with Crippen LogP contribution in [0.4, 0.5) is 5.69 Å². The first-order valence-corrected chi connectivity index (χ1v) is 5.56. The average Bonchev–Trinajstić information content (AvgIpc) is 2.20. The summed E-state index contributed by atoms with van der Waals surface area (Å²) in [5.41, 5.74) is 3.88. The lowest BCUT2D eigenvalue weighted by Gasteiger charge is -2.19. The zero-order valence-corrected chi connectivity index (χ0v) is 9.93. The standard InChI is InChI=1S/C12H18ClN/c1-4-7-11-10(3)8-6-9-12(11)14(13)5-2/h6,8-9H,4-5,7H2,1-3H3. The molecule has 0 saturated carbocycles. The molecule has 0 heterocycles. The molecule has 2 heteroatoms. The van der Waals surface area contributed by atoms with E-state index in [1.54, 1.807) is 4.42 Å². The Bertz CT molecular complexity index is 296.